The van der Waals surface area contributed by atoms with Crippen LogP contribution in [0.15, 0.2) is 18.5 Å². The highest BCUT2D eigenvalue weighted by atomic mass is 32.1. The average molecular weight is 277 g/mol. The lowest BCUT2D eigenvalue weighted by Crippen LogP contribution is -2.24. The van der Waals surface area contributed by atoms with Crippen LogP contribution in [0.4, 0.5) is 0 Å². The highest BCUT2D eigenvalue weighted by Crippen LogP contribution is 2.30. The fourth-order valence-corrected chi connectivity index (χ4v) is 3.39. The van der Waals surface area contributed by atoms with Crippen LogP contribution in [-0.2, 0) is 6.54 Å². The van der Waals surface area contributed by atoms with Crippen molar-refractivity contribution in [1.82, 2.24) is 14.9 Å². The molecule has 4 heteroatoms. The van der Waals surface area contributed by atoms with Crippen molar-refractivity contribution in [2.75, 3.05) is 6.54 Å². The lowest BCUT2D eigenvalue weighted by atomic mass is 10.2. The van der Waals surface area contributed by atoms with Crippen LogP contribution in [0.3, 0.4) is 0 Å². The highest BCUT2D eigenvalue weighted by molar-refractivity contribution is 7.12. The van der Waals surface area contributed by atoms with Gasteiger partial charge in [-0.2, -0.15) is 0 Å². The molecule has 0 aliphatic rings. The molecule has 1 atom stereocenters. The monoisotopic (exact) mass is 277 g/mol. The second-order valence-corrected chi connectivity index (χ2v) is 6.15. The lowest BCUT2D eigenvalue weighted by molar-refractivity contribution is 0.549. The molecule has 0 radical (unpaired) electrons. The molecule has 0 saturated carbocycles. The first-order valence-corrected chi connectivity index (χ1v) is 7.80. The number of hydrogen-bond acceptors (Lipinski definition) is 3. The molecular weight excluding hydrogens is 254 g/mol. The molecule has 0 fully saturated rings. The molecule has 3 nitrogen and oxygen atoms in total. The SMILES string of the molecule is CCCn1ccnc1C(NCC)c1cc(C)c(C)s1. The maximum atomic E-state index is 4.58. The van der Waals surface area contributed by atoms with Crippen molar-refractivity contribution in [3.05, 3.63) is 39.6 Å². The third-order valence-electron chi connectivity index (χ3n) is 3.35. The van der Waals surface area contributed by atoms with Gasteiger partial charge >= 0.3 is 0 Å². The number of aryl methyl sites for hydroxylation is 3. The molecule has 0 aliphatic heterocycles. The first-order valence-electron chi connectivity index (χ1n) is 6.98. The number of rotatable bonds is 6. The lowest BCUT2D eigenvalue weighted by Gasteiger charge is -2.17. The average Bonchev–Trinajstić information content (AvgIpc) is 2.95. The molecule has 2 aromatic rings. The van der Waals surface area contributed by atoms with E-state index in [1.165, 1.54) is 15.3 Å². The standard InChI is InChI=1S/C15H23N3S/c1-5-8-18-9-7-17-15(18)14(16-6-2)13-10-11(3)12(4)19-13/h7,9-10,14,16H,5-6,8H2,1-4H3. The number of imidazole rings is 1. The van der Waals surface area contributed by atoms with E-state index in [9.17, 15) is 0 Å². The second kappa shape index (κ2) is 6.35. The van der Waals surface area contributed by atoms with E-state index >= 15 is 0 Å². The Morgan fingerprint density at radius 1 is 1.37 bits per heavy atom. The highest BCUT2D eigenvalue weighted by Gasteiger charge is 2.20. The van der Waals surface area contributed by atoms with E-state index in [0.29, 0.717) is 0 Å². The van der Waals surface area contributed by atoms with E-state index in [4.69, 9.17) is 0 Å². The normalized spacial score (nSPS) is 12.8. The minimum absolute atomic E-state index is 0.212. The fourth-order valence-electron chi connectivity index (χ4n) is 2.28. The van der Waals surface area contributed by atoms with Gasteiger partial charge in [0.15, 0.2) is 0 Å². The van der Waals surface area contributed by atoms with E-state index in [1.54, 1.807) is 0 Å². The van der Waals surface area contributed by atoms with Crippen LogP contribution >= 0.6 is 11.3 Å². The summed E-state index contributed by atoms with van der Waals surface area (Å²) in [5.74, 6) is 1.13. The summed E-state index contributed by atoms with van der Waals surface area (Å²) in [6.07, 6.45) is 5.11. The molecular formula is C15H23N3S. The van der Waals surface area contributed by atoms with Crippen LogP contribution in [0, 0.1) is 13.8 Å². The summed E-state index contributed by atoms with van der Waals surface area (Å²) in [7, 11) is 0. The van der Waals surface area contributed by atoms with E-state index in [1.807, 2.05) is 17.5 Å². The molecule has 104 valence electrons. The van der Waals surface area contributed by atoms with Gasteiger partial charge in [0.1, 0.15) is 11.9 Å². The molecule has 2 rings (SSSR count). The van der Waals surface area contributed by atoms with Gasteiger partial charge in [-0.15, -0.1) is 11.3 Å². The minimum atomic E-state index is 0.212. The van der Waals surface area contributed by atoms with Crippen LogP contribution in [-0.4, -0.2) is 16.1 Å². The zero-order valence-corrected chi connectivity index (χ0v) is 13.0. The summed E-state index contributed by atoms with van der Waals surface area (Å²) in [5, 5.41) is 3.57. The van der Waals surface area contributed by atoms with Crippen LogP contribution in [0.25, 0.3) is 0 Å². The Bertz CT molecular complexity index is 508. The molecule has 2 heterocycles. The maximum Gasteiger partial charge on any atom is 0.131 e. The second-order valence-electron chi connectivity index (χ2n) is 4.86. The van der Waals surface area contributed by atoms with Crippen LogP contribution in [0.1, 0.15) is 47.5 Å². The summed E-state index contributed by atoms with van der Waals surface area (Å²) in [4.78, 5) is 7.33. The van der Waals surface area contributed by atoms with Crippen LogP contribution in [0.2, 0.25) is 0 Å². The number of nitrogens with zero attached hydrogens (tertiary/aromatic N) is 2. The fraction of sp³-hybridized carbons (Fsp3) is 0.533. The Morgan fingerprint density at radius 3 is 2.74 bits per heavy atom. The molecule has 0 bridgehead atoms. The Hall–Kier alpha value is -1.13. The van der Waals surface area contributed by atoms with E-state index in [2.05, 4.69) is 54.8 Å². The van der Waals surface area contributed by atoms with Crippen molar-refractivity contribution in [3.8, 4) is 0 Å². The van der Waals surface area contributed by atoms with Crippen molar-refractivity contribution < 1.29 is 0 Å². The summed E-state index contributed by atoms with van der Waals surface area (Å²) in [6, 6.07) is 2.50. The van der Waals surface area contributed by atoms with Gasteiger partial charge < -0.3 is 9.88 Å². The zero-order chi connectivity index (χ0) is 13.8. The molecule has 1 N–H and O–H groups in total. The molecule has 19 heavy (non-hydrogen) atoms. The predicted octanol–water partition coefficient (Wildman–Crippen LogP) is 3.67. The Labute approximate surface area is 119 Å². The van der Waals surface area contributed by atoms with Gasteiger partial charge in [-0.3, -0.25) is 0 Å². The summed E-state index contributed by atoms with van der Waals surface area (Å²) < 4.78 is 2.26. The molecule has 0 spiro atoms. The number of thiophene rings is 1. The van der Waals surface area contributed by atoms with Crippen molar-refractivity contribution in [3.63, 3.8) is 0 Å². The first kappa shape index (κ1) is 14.3. The summed E-state index contributed by atoms with van der Waals surface area (Å²) in [6.45, 7) is 10.7. The van der Waals surface area contributed by atoms with Crippen molar-refractivity contribution in [2.45, 2.75) is 46.7 Å². The first-order chi connectivity index (χ1) is 9.17. The number of hydrogen-bond donors (Lipinski definition) is 1. The van der Waals surface area contributed by atoms with E-state index in [0.717, 1.165) is 25.3 Å². The quantitative estimate of drug-likeness (QED) is 0.873. The van der Waals surface area contributed by atoms with E-state index in [-0.39, 0.29) is 6.04 Å². The van der Waals surface area contributed by atoms with Gasteiger partial charge in [0.05, 0.1) is 0 Å². The van der Waals surface area contributed by atoms with Gasteiger partial charge in [0.25, 0.3) is 0 Å². The number of nitrogens with one attached hydrogen (secondary N) is 1. The van der Waals surface area contributed by atoms with Gasteiger partial charge in [0.2, 0.25) is 0 Å². The molecule has 0 aliphatic carbocycles. The summed E-state index contributed by atoms with van der Waals surface area (Å²) in [5.41, 5.74) is 1.37. The Balaban J connectivity index is 2.36. The van der Waals surface area contributed by atoms with Crippen molar-refractivity contribution >= 4 is 11.3 Å². The third-order valence-corrected chi connectivity index (χ3v) is 4.57. The smallest absolute Gasteiger partial charge is 0.131 e. The van der Waals surface area contributed by atoms with Gasteiger partial charge in [-0.1, -0.05) is 13.8 Å². The molecule has 0 saturated heterocycles. The Kier molecular flexibility index (Phi) is 4.77. The van der Waals surface area contributed by atoms with Gasteiger partial charge in [0, 0.05) is 28.7 Å². The number of aromatic nitrogens is 2. The molecule has 0 aromatic carbocycles. The molecule has 1 unspecified atom stereocenters. The Morgan fingerprint density at radius 2 is 2.16 bits per heavy atom. The van der Waals surface area contributed by atoms with Gasteiger partial charge in [-0.25, -0.2) is 4.98 Å². The largest absolute Gasteiger partial charge is 0.333 e. The van der Waals surface area contributed by atoms with Crippen LogP contribution < -0.4 is 5.32 Å². The minimum Gasteiger partial charge on any atom is -0.333 e. The zero-order valence-electron chi connectivity index (χ0n) is 12.2. The molecule has 2 aromatic heterocycles. The van der Waals surface area contributed by atoms with Crippen molar-refractivity contribution in [2.24, 2.45) is 0 Å². The van der Waals surface area contributed by atoms with E-state index < -0.39 is 0 Å². The van der Waals surface area contributed by atoms with Gasteiger partial charge in [-0.05, 0) is 38.4 Å². The van der Waals surface area contributed by atoms with Crippen LogP contribution in [0.5, 0.6) is 0 Å². The third kappa shape index (κ3) is 3.07. The topological polar surface area (TPSA) is 29.9 Å². The molecule has 0 amide bonds. The maximum absolute atomic E-state index is 4.58. The van der Waals surface area contributed by atoms with Crippen molar-refractivity contribution in [1.29, 1.82) is 0 Å². The predicted molar refractivity (Wildman–Crippen MR) is 81.8 cm³/mol. The summed E-state index contributed by atoms with van der Waals surface area (Å²) >= 11 is 1.87.